The number of carbonyl (C=O) groups is 1. The highest BCUT2D eigenvalue weighted by atomic mass is 32.2. The molecule has 36 heavy (non-hydrogen) atoms. The Bertz CT molecular complexity index is 1410. The number of carbonyl (C=O) groups excluding carboxylic acids is 1. The number of piperazine rings is 1. The minimum absolute atomic E-state index is 0.0512. The molecule has 0 spiro atoms. The van der Waals surface area contributed by atoms with Gasteiger partial charge < -0.3 is 14.5 Å². The molecule has 0 bridgehead atoms. The fourth-order valence-electron chi connectivity index (χ4n) is 4.48. The van der Waals surface area contributed by atoms with Crippen LogP contribution in [-0.4, -0.2) is 63.8 Å². The van der Waals surface area contributed by atoms with Gasteiger partial charge in [-0.2, -0.15) is 0 Å². The number of methoxy groups -OCH3 is 1. The van der Waals surface area contributed by atoms with Gasteiger partial charge >= 0.3 is 0 Å². The second-order valence-corrected chi connectivity index (χ2v) is 10.6. The van der Waals surface area contributed by atoms with Crippen LogP contribution in [0.15, 0.2) is 58.4 Å². The zero-order chi connectivity index (χ0) is 25.4. The van der Waals surface area contributed by atoms with Crippen LogP contribution in [-0.2, 0) is 4.79 Å². The second kappa shape index (κ2) is 9.94. The van der Waals surface area contributed by atoms with E-state index in [0.29, 0.717) is 39.3 Å². The summed E-state index contributed by atoms with van der Waals surface area (Å²) in [7, 11) is 1.66. The SMILES string of the molecule is COc1ccc(N2CCN(c3nc4ccccn4c(=O)c3C=C3SC(=S)N(C(C)C)C3=O)CC2)cc1. The van der Waals surface area contributed by atoms with Gasteiger partial charge in [0.25, 0.3) is 11.5 Å². The number of hydrogen-bond donors (Lipinski definition) is 0. The first-order valence-electron chi connectivity index (χ1n) is 11.8. The molecule has 0 aliphatic carbocycles. The number of fused-ring (bicyclic) bond motifs is 1. The molecule has 186 valence electrons. The summed E-state index contributed by atoms with van der Waals surface area (Å²) in [5, 5.41) is 0. The Kier molecular flexibility index (Phi) is 6.72. The zero-order valence-electron chi connectivity index (χ0n) is 20.4. The van der Waals surface area contributed by atoms with Crippen molar-refractivity contribution in [3.05, 3.63) is 69.5 Å². The molecule has 3 aromatic rings. The van der Waals surface area contributed by atoms with Gasteiger partial charge in [0.05, 0.1) is 17.6 Å². The lowest BCUT2D eigenvalue weighted by molar-refractivity contribution is -0.123. The highest BCUT2D eigenvalue weighted by Gasteiger charge is 2.34. The molecule has 8 nitrogen and oxygen atoms in total. The summed E-state index contributed by atoms with van der Waals surface area (Å²) in [5.74, 6) is 1.24. The molecule has 0 atom stereocenters. The van der Waals surface area contributed by atoms with Gasteiger partial charge in [-0.1, -0.05) is 30.0 Å². The maximum atomic E-state index is 13.6. The van der Waals surface area contributed by atoms with E-state index in [0.717, 1.165) is 24.5 Å². The van der Waals surface area contributed by atoms with Gasteiger partial charge in [-0.05, 0) is 56.3 Å². The summed E-state index contributed by atoms with van der Waals surface area (Å²) in [6.07, 6.45) is 3.37. The number of pyridine rings is 1. The van der Waals surface area contributed by atoms with Crippen molar-refractivity contribution >= 4 is 57.4 Å². The third kappa shape index (κ3) is 4.46. The van der Waals surface area contributed by atoms with Crippen molar-refractivity contribution in [1.29, 1.82) is 0 Å². The first kappa shape index (κ1) is 24.3. The van der Waals surface area contributed by atoms with Crippen molar-refractivity contribution in [2.75, 3.05) is 43.1 Å². The molecule has 0 radical (unpaired) electrons. The molecule has 2 aromatic heterocycles. The Morgan fingerprint density at radius 3 is 2.36 bits per heavy atom. The van der Waals surface area contributed by atoms with Crippen LogP contribution in [0.1, 0.15) is 19.4 Å². The molecule has 2 aliphatic rings. The number of benzene rings is 1. The summed E-state index contributed by atoms with van der Waals surface area (Å²) in [5.41, 5.74) is 1.89. The first-order valence-corrected chi connectivity index (χ1v) is 13.0. The maximum absolute atomic E-state index is 13.6. The van der Waals surface area contributed by atoms with E-state index in [9.17, 15) is 9.59 Å². The molecule has 4 heterocycles. The van der Waals surface area contributed by atoms with E-state index in [1.54, 1.807) is 30.3 Å². The average molecular weight is 522 g/mol. The molecule has 2 fully saturated rings. The van der Waals surface area contributed by atoms with Crippen molar-refractivity contribution in [2.45, 2.75) is 19.9 Å². The normalized spacial score (nSPS) is 17.7. The van der Waals surface area contributed by atoms with Crippen LogP contribution in [0.3, 0.4) is 0 Å². The zero-order valence-corrected chi connectivity index (χ0v) is 22.0. The van der Waals surface area contributed by atoms with Gasteiger partial charge in [0, 0.05) is 44.1 Å². The summed E-state index contributed by atoms with van der Waals surface area (Å²) >= 11 is 6.67. The Balaban J connectivity index is 1.49. The largest absolute Gasteiger partial charge is 0.497 e. The maximum Gasteiger partial charge on any atom is 0.267 e. The summed E-state index contributed by atoms with van der Waals surface area (Å²) in [6, 6.07) is 13.4. The first-order chi connectivity index (χ1) is 17.4. The second-order valence-electron chi connectivity index (χ2n) is 8.90. The highest BCUT2D eigenvalue weighted by molar-refractivity contribution is 8.26. The van der Waals surface area contributed by atoms with Crippen molar-refractivity contribution in [3.63, 3.8) is 0 Å². The molecular formula is C26H27N5O3S2. The molecule has 0 unspecified atom stereocenters. The smallest absolute Gasteiger partial charge is 0.267 e. The van der Waals surface area contributed by atoms with Gasteiger partial charge in [0.15, 0.2) is 0 Å². The van der Waals surface area contributed by atoms with Crippen molar-refractivity contribution in [2.24, 2.45) is 0 Å². The van der Waals surface area contributed by atoms with Gasteiger partial charge in [0.2, 0.25) is 0 Å². The highest BCUT2D eigenvalue weighted by Crippen LogP contribution is 2.35. The number of aromatic nitrogens is 2. The lowest BCUT2D eigenvalue weighted by atomic mass is 10.2. The van der Waals surface area contributed by atoms with E-state index in [1.807, 2.05) is 38.1 Å². The molecule has 10 heteroatoms. The van der Waals surface area contributed by atoms with Gasteiger partial charge in [-0.3, -0.25) is 18.9 Å². The molecule has 1 aromatic carbocycles. The minimum atomic E-state index is -0.206. The van der Waals surface area contributed by atoms with E-state index in [2.05, 4.69) is 21.9 Å². The summed E-state index contributed by atoms with van der Waals surface area (Å²) < 4.78 is 7.29. The van der Waals surface area contributed by atoms with E-state index < -0.39 is 0 Å². The van der Waals surface area contributed by atoms with Gasteiger partial charge in [-0.25, -0.2) is 4.98 Å². The van der Waals surface area contributed by atoms with Crippen LogP contribution in [0.2, 0.25) is 0 Å². The minimum Gasteiger partial charge on any atom is -0.497 e. The Hall–Kier alpha value is -3.37. The number of ether oxygens (including phenoxy) is 1. The molecule has 0 N–H and O–H groups in total. The topological polar surface area (TPSA) is 70.4 Å². The molecule has 0 saturated carbocycles. The lowest BCUT2D eigenvalue weighted by Crippen LogP contribution is -2.47. The predicted molar refractivity (Wildman–Crippen MR) is 149 cm³/mol. The molecule has 5 rings (SSSR count). The fourth-order valence-corrected chi connectivity index (χ4v) is 5.99. The number of rotatable bonds is 5. The molecule has 1 amide bonds. The van der Waals surface area contributed by atoms with Gasteiger partial charge in [0.1, 0.15) is 21.5 Å². The van der Waals surface area contributed by atoms with Crippen LogP contribution >= 0.6 is 24.0 Å². The van der Waals surface area contributed by atoms with E-state index >= 15 is 0 Å². The Morgan fingerprint density at radius 1 is 1.03 bits per heavy atom. The molecule has 2 saturated heterocycles. The quantitative estimate of drug-likeness (QED) is 0.372. The van der Waals surface area contributed by atoms with Crippen LogP contribution in [0, 0.1) is 0 Å². The standard InChI is InChI=1S/C26H27N5O3S2/c1-17(2)31-25(33)21(36-26(31)35)16-20-23(27-22-6-4-5-11-30(22)24(20)32)29-14-12-28(13-15-29)18-7-9-19(34-3)10-8-18/h4-11,16-17H,12-15H2,1-3H3. The third-order valence-electron chi connectivity index (χ3n) is 6.38. The number of amides is 1. The Morgan fingerprint density at radius 2 is 1.72 bits per heavy atom. The predicted octanol–water partition coefficient (Wildman–Crippen LogP) is 3.64. The molecular weight excluding hydrogens is 494 g/mol. The fraction of sp³-hybridized carbons (Fsp3) is 0.308. The number of thioether (sulfide) groups is 1. The third-order valence-corrected chi connectivity index (χ3v) is 7.71. The van der Waals surface area contributed by atoms with Crippen LogP contribution < -0.4 is 20.1 Å². The number of nitrogens with zero attached hydrogens (tertiary/aromatic N) is 5. The monoisotopic (exact) mass is 521 g/mol. The molecule has 2 aliphatic heterocycles. The average Bonchev–Trinajstić information content (AvgIpc) is 3.18. The lowest BCUT2D eigenvalue weighted by Gasteiger charge is -2.37. The van der Waals surface area contributed by atoms with E-state index in [4.69, 9.17) is 21.9 Å². The summed E-state index contributed by atoms with van der Waals surface area (Å²) in [4.78, 5) is 38.0. The van der Waals surface area contributed by atoms with Crippen LogP contribution in [0.5, 0.6) is 5.75 Å². The van der Waals surface area contributed by atoms with Crippen molar-refractivity contribution in [3.8, 4) is 5.75 Å². The number of hydrogen-bond acceptors (Lipinski definition) is 8. The van der Waals surface area contributed by atoms with E-state index in [1.165, 1.54) is 16.2 Å². The Labute approximate surface area is 219 Å². The van der Waals surface area contributed by atoms with Gasteiger partial charge in [-0.15, -0.1) is 0 Å². The number of thiocarbonyl (C=S) groups is 1. The van der Waals surface area contributed by atoms with E-state index in [-0.39, 0.29) is 17.5 Å². The van der Waals surface area contributed by atoms with Crippen LogP contribution in [0.25, 0.3) is 11.7 Å². The van der Waals surface area contributed by atoms with Crippen LogP contribution in [0.4, 0.5) is 11.5 Å². The summed E-state index contributed by atoms with van der Waals surface area (Å²) in [6.45, 7) is 6.78. The van der Waals surface area contributed by atoms with Crippen molar-refractivity contribution in [1.82, 2.24) is 14.3 Å². The number of anilines is 2. The van der Waals surface area contributed by atoms with Crippen molar-refractivity contribution < 1.29 is 9.53 Å².